The van der Waals surface area contributed by atoms with E-state index in [0.29, 0.717) is 4.88 Å². The Morgan fingerprint density at radius 3 is 2.57 bits per heavy atom. The molecule has 14 heavy (non-hydrogen) atoms. The third kappa shape index (κ3) is 2.92. The zero-order chi connectivity index (χ0) is 10.8. The standard InChI is InChI=1S/C7H9O5PS/c8-7(9)6(13(10,11)12)4-5-2-1-3-14-5/h1-3,6H,4H2,(H,8,9)(H2,10,11,12). The number of rotatable bonds is 4. The van der Waals surface area contributed by atoms with Crippen molar-refractivity contribution in [2.75, 3.05) is 0 Å². The molecule has 3 N–H and O–H groups in total. The Bertz CT molecular complexity index is 354. The number of aliphatic carboxylic acids is 1. The largest absolute Gasteiger partial charge is 0.481 e. The molecule has 0 aromatic carbocycles. The molecular weight excluding hydrogens is 227 g/mol. The highest BCUT2D eigenvalue weighted by Gasteiger charge is 2.35. The van der Waals surface area contributed by atoms with E-state index in [1.165, 1.54) is 11.3 Å². The van der Waals surface area contributed by atoms with Crippen LogP contribution >= 0.6 is 18.9 Å². The smallest absolute Gasteiger partial charge is 0.340 e. The normalized spacial score (nSPS) is 13.9. The van der Waals surface area contributed by atoms with Crippen LogP contribution in [0.15, 0.2) is 17.5 Å². The van der Waals surface area contributed by atoms with Gasteiger partial charge in [-0.3, -0.25) is 9.36 Å². The molecule has 1 rings (SSSR count). The van der Waals surface area contributed by atoms with Gasteiger partial charge in [0.25, 0.3) is 0 Å². The Morgan fingerprint density at radius 2 is 2.21 bits per heavy atom. The summed E-state index contributed by atoms with van der Waals surface area (Å²) in [5.74, 6) is -1.47. The van der Waals surface area contributed by atoms with E-state index in [4.69, 9.17) is 14.9 Å². The molecule has 7 heteroatoms. The molecule has 1 aromatic rings. The summed E-state index contributed by atoms with van der Waals surface area (Å²) >= 11 is 1.28. The predicted octanol–water partition coefficient (Wildman–Crippen LogP) is 0.921. The average Bonchev–Trinajstić information content (AvgIpc) is 2.48. The van der Waals surface area contributed by atoms with Crippen LogP contribution in [0.5, 0.6) is 0 Å². The van der Waals surface area contributed by atoms with Crippen molar-refractivity contribution < 1.29 is 24.3 Å². The van der Waals surface area contributed by atoms with Crippen LogP contribution in [0.1, 0.15) is 4.88 Å². The molecule has 0 aliphatic carbocycles. The molecule has 0 aliphatic rings. The summed E-state index contributed by atoms with van der Waals surface area (Å²) < 4.78 is 10.8. The van der Waals surface area contributed by atoms with Gasteiger partial charge in [-0.15, -0.1) is 11.3 Å². The van der Waals surface area contributed by atoms with Crippen molar-refractivity contribution in [3.8, 4) is 0 Å². The van der Waals surface area contributed by atoms with Crippen LogP contribution in [-0.2, 0) is 15.8 Å². The highest BCUT2D eigenvalue weighted by molar-refractivity contribution is 7.53. The van der Waals surface area contributed by atoms with Crippen LogP contribution in [-0.4, -0.2) is 26.5 Å². The highest BCUT2D eigenvalue weighted by Crippen LogP contribution is 2.43. The Hall–Kier alpha value is -0.680. The van der Waals surface area contributed by atoms with Crippen molar-refractivity contribution in [1.82, 2.24) is 0 Å². The molecule has 0 radical (unpaired) electrons. The number of carboxylic acids is 1. The van der Waals surface area contributed by atoms with Crippen LogP contribution in [0.2, 0.25) is 0 Å². The summed E-state index contributed by atoms with van der Waals surface area (Å²) in [5, 5.41) is 10.4. The molecule has 1 aromatic heterocycles. The van der Waals surface area contributed by atoms with Gasteiger partial charge in [-0.25, -0.2) is 0 Å². The molecule has 0 saturated heterocycles. The highest BCUT2D eigenvalue weighted by atomic mass is 32.1. The molecule has 1 unspecified atom stereocenters. The van der Waals surface area contributed by atoms with Crippen molar-refractivity contribution in [2.45, 2.75) is 12.1 Å². The predicted molar refractivity (Wildman–Crippen MR) is 51.5 cm³/mol. The Balaban J connectivity index is 2.82. The fourth-order valence-corrected chi connectivity index (χ4v) is 2.57. The lowest BCUT2D eigenvalue weighted by atomic mass is 10.2. The molecule has 0 amide bonds. The molecule has 1 heterocycles. The molecule has 0 aliphatic heterocycles. The van der Waals surface area contributed by atoms with Crippen molar-refractivity contribution in [3.63, 3.8) is 0 Å². The Labute approximate surface area is 84.2 Å². The first kappa shape index (κ1) is 11.4. The van der Waals surface area contributed by atoms with E-state index in [1.54, 1.807) is 17.5 Å². The van der Waals surface area contributed by atoms with E-state index < -0.39 is 19.2 Å². The van der Waals surface area contributed by atoms with Gasteiger partial charge in [0, 0.05) is 11.3 Å². The topological polar surface area (TPSA) is 94.8 Å². The summed E-state index contributed by atoms with van der Waals surface area (Å²) in [5.41, 5.74) is -1.64. The third-order valence-corrected chi connectivity index (χ3v) is 3.78. The van der Waals surface area contributed by atoms with E-state index in [0.717, 1.165) is 0 Å². The van der Waals surface area contributed by atoms with Gasteiger partial charge in [-0.1, -0.05) is 6.07 Å². The number of carboxylic acid groups (broad SMARTS) is 1. The number of hydrogen-bond acceptors (Lipinski definition) is 3. The monoisotopic (exact) mass is 236 g/mol. The van der Waals surface area contributed by atoms with E-state index in [-0.39, 0.29) is 6.42 Å². The summed E-state index contributed by atoms with van der Waals surface area (Å²) in [4.78, 5) is 28.8. The lowest BCUT2D eigenvalue weighted by Crippen LogP contribution is -2.22. The van der Waals surface area contributed by atoms with E-state index in [9.17, 15) is 9.36 Å². The molecule has 0 saturated carbocycles. The van der Waals surface area contributed by atoms with Gasteiger partial charge in [0.15, 0.2) is 5.66 Å². The van der Waals surface area contributed by atoms with E-state index in [1.807, 2.05) is 0 Å². The van der Waals surface area contributed by atoms with Crippen molar-refractivity contribution in [3.05, 3.63) is 22.4 Å². The zero-order valence-corrected chi connectivity index (χ0v) is 8.74. The lowest BCUT2D eigenvalue weighted by molar-refractivity contribution is -0.136. The number of thiophene rings is 1. The maximum Gasteiger partial charge on any atom is 0.340 e. The third-order valence-electron chi connectivity index (χ3n) is 1.67. The minimum absolute atomic E-state index is 0.128. The first-order chi connectivity index (χ1) is 6.41. The maximum absolute atomic E-state index is 10.8. The quantitative estimate of drug-likeness (QED) is 0.676. The first-order valence-corrected chi connectivity index (χ1v) is 6.28. The van der Waals surface area contributed by atoms with Crippen LogP contribution in [0.4, 0.5) is 0 Å². The second-order valence-corrected chi connectivity index (χ2v) is 5.56. The maximum atomic E-state index is 10.8. The van der Waals surface area contributed by atoms with Gasteiger partial charge >= 0.3 is 13.6 Å². The first-order valence-electron chi connectivity index (χ1n) is 3.71. The molecule has 0 fully saturated rings. The minimum Gasteiger partial charge on any atom is -0.481 e. The van der Waals surface area contributed by atoms with Crippen LogP contribution in [0, 0.1) is 0 Å². The van der Waals surface area contributed by atoms with Gasteiger partial charge in [0.2, 0.25) is 0 Å². The summed E-state index contributed by atoms with van der Waals surface area (Å²) in [6.07, 6.45) is -0.128. The Kier molecular flexibility index (Phi) is 3.44. The van der Waals surface area contributed by atoms with Crippen LogP contribution in [0.3, 0.4) is 0 Å². The van der Waals surface area contributed by atoms with Crippen molar-refractivity contribution in [2.24, 2.45) is 0 Å². The molecule has 1 atom stereocenters. The SMILES string of the molecule is O=C(O)C(Cc1cccs1)P(=O)(O)O. The van der Waals surface area contributed by atoms with Gasteiger partial charge in [-0.05, 0) is 11.4 Å². The minimum atomic E-state index is -4.57. The molecule has 5 nitrogen and oxygen atoms in total. The number of hydrogen-bond donors (Lipinski definition) is 3. The second-order valence-electron chi connectivity index (χ2n) is 2.73. The van der Waals surface area contributed by atoms with Crippen LogP contribution < -0.4 is 0 Å². The zero-order valence-electron chi connectivity index (χ0n) is 7.03. The second kappa shape index (κ2) is 4.23. The molecule has 0 bridgehead atoms. The summed E-state index contributed by atoms with van der Waals surface area (Å²) in [6.45, 7) is 0. The lowest BCUT2D eigenvalue weighted by Gasteiger charge is -2.12. The molecular formula is C7H9O5PS. The van der Waals surface area contributed by atoms with Gasteiger partial charge in [-0.2, -0.15) is 0 Å². The van der Waals surface area contributed by atoms with Crippen molar-refractivity contribution in [1.29, 1.82) is 0 Å². The van der Waals surface area contributed by atoms with E-state index in [2.05, 4.69) is 0 Å². The fourth-order valence-electron chi connectivity index (χ4n) is 0.969. The van der Waals surface area contributed by atoms with Crippen LogP contribution in [0.25, 0.3) is 0 Å². The average molecular weight is 236 g/mol. The Morgan fingerprint density at radius 1 is 1.57 bits per heavy atom. The molecule has 78 valence electrons. The van der Waals surface area contributed by atoms with Gasteiger partial charge in [0.05, 0.1) is 0 Å². The summed E-state index contributed by atoms with van der Waals surface area (Å²) in [6, 6.07) is 3.36. The van der Waals surface area contributed by atoms with Crippen molar-refractivity contribution >= 4 is 24.9 Å². The van der Waals surface area contributed by atoms with Gasteiger partial charge < -0.3 is 14.9 Å². The number of carbonyl (C=O) groups is 1. The molecule has 0 spiro atoms. The van der Waals surface area contributed by atoms with Gasteiger partial charge in [0.1, 0.15) is 0 Å². The summed E-state index contributed by atoms with van der Waals surface area (Å²) in [7, 11) is -4.57. The van der Waals surface area contributed by atoms with E-state index >= 15 is 0 Å². The fraction of sp³-hybridized carbons (Fsp3) is 0.286.